The first kappa shape index (κ1) is 35.7. The number of hydrogen-bond acceptors (Lipinski definition) is 4. The quantitative estimate of drug-likeness (QED) is 0.191. The lowest BCUT2D eigenvalue weighted by Crippen LogP contribution is -2.29. The molecular formula is C29H26F9NO5S. The van der Waals surface area contributed by atoms with E-state index in [1.54, 1.807) is 13.8 Å². The molecule has 0 saturated heterocycles. The molecule has 0 radical (unpaired) electrons. The van der Waals surface area contributed by atoms with Crippen molar-refractivity contribution in [2.24, 2.45) is 0 Å². The predicted molar refractivity (Wildman–Crippen MR) is 144 cm³/mol. The summed E-state index contributed by atoms with van der Waals surface area (Å²) in [4.78, 5) is 12.4. The third-order valence-electron chi connectivity index (χ3n) is 7.05. The molecule has 1 amide bonds. The summed E-state index contributed by atoms with van der Waals surface area (Å²) in [6, 6.07) is 5.66. The lowest BCUT2D eigenvalue weighted by Gasteiger charge is -2.27. The molecule has 3 rings (SSSR count). The van der Waals surface area contributed by atoms with E-state index in [4.69, 9.17) is 4.74 Å². The van der Waals surface area contributed by atoms with E-state index in [1.807, 2.05) is 6.92 Å². The van der Waals surface area contributed by atoms with Crippen LogP contribution in [0.1, 0.15) is 61.9 Å². The van der Waals surface area contributed by atoms with E-state index in [0.717, 1.165) is 19.1 Å². The van der Waals surface area contributed by atoms with Crippen LogP contribution in [0.4, 0.5) is 45.2 Å². The molecule has 16 heteroatoms. The highest BCUT2D eigenvalue weighted by Crippen LogP contribution is 2.43. The molecule has 3 aromatic carbocycles. The zero-order valence-electron chi connectivity index (χ0n) is 23.9. The molecule has 0 aromatic heterocycles. The second-order valence-corrected chi connectivity index (χ2v) is 12.1. The molecule has 0 bridgehead atoms. The molecule has 246 valence electrons. The van der Waals surface area contributed by atoms with E-state index >= 15 is 0 Å². The lowest BCUT2D eigenvalue weighted by atomic mass is 9.82. The maximum Gasteiger partial charge on any atom is 0.416 e. The third kappa shape index (κ3) is 8.48. The highest BCUT2D eigenvalue weighted by Gasteiger charge is 2.38. The summed E-state index contributed by atoms with van der Waals surface area (Å²) in [5, 5.41) is 0. The van der Waals surface area contributed by atoms with E-state index < -0.39 is 90.8 Å². The number of benzene rings is 3. The van der Waals surface area contributed by atoms with E-state index in [-0.39, 0.29) is 6.07 Å². The SMILES string of the molecule is CCC(C)(C)c1ccc(Oc2ccc(C(F)(F)F)cc2N(Cc2cc(C(F)(F)F)cc(C(F)(F)F)c2)C(C)=O)c(S(=O)(=O)O)c1. The second kappa shape index (κ2) is 12.2. The molecule has 6 nitrogen and oxygen atoms in total. The van der Waals surface area contributed by atoms with Crippen molar-refractivity contribution >= 4 is 21.7 Å². The largest absolute Gasteiger partial charge is 0.454 e. The number of alkyl halides is 9. The first-order valence-corrected chi connectivity index (χ1v) is 14.4. The van der Waals surface area contributed by atoms with Gasteiger partial charge in [-0.25, -0.2) is 0 Å². The van der Waals surface area contributed by atoms with Crippen LogP contribution in [0, 0.1) is 0 Å². The zero-order valence-corrected chi connectivity index (χ0v) is 24.8. The van der Waals surface area contributed by atoms with Crippen molar-refractivity contribution in [1.29, 1.82) is 0 Å². The molecule has 0 aliphatic carbocycles. The van der Waals surface area contributed by atoms with Crippen molar-refractivity contribution in [3.8, 4) is 11.5 Å². The average Bonchev–Trinajstić information content (AvgIpc) is 2.89. The molecule has 0 spiro atoms. The predicted octanol–water partition coefficient (Wildman–Crippen LogP) is 9.02. The fourth-order valence-electron chi connectivity index (χ4n) is 4.19. The molecule has 0 saturated carbocycles. The Bertz CT molecular complexity index is 1660. The highest BCUT2D eigenvalue weighted by molar-refractivity contribution is 7.86. The van der Waals surface area contributed by atoms with Crippen LogP contribution >= 0.6 is 0 Å². The van der Waals surface area contributed by atoms with Crippen molar-refractivity contribution in [2.75, 3.05) is 4.90 Å². The van der Waals surface area contributed by atoms with E-state index in [9.17, 15) is 57.3 Å². The molecule has 0 heterocycles. The van der Waals surface area contributed by atoms with Gasteiger partial charge in [0.15, 0.2) is 5.75 Å². The minimum absolute atomic E-state index is 0.152. The van der Waals surface area contributed by atoms with Crippen LogP contribution in [0.2, 0.25) is 0 Å². The van der Waals surface area contributed by atoms with E-state index in [0.29, 0.717) is 47.2 Å². The van der Waals surface area contributed by atoms with Gasteiger partial charge in [0.1, 0.15) is 10.6 Å². The van der Waals surface area contributed by atoms with Crippen LogP contribution < -0.4 is 9.64 Å². The smallest absolute Gasteiger partial charge is 0.416 e. The summed E-state index contributed by atoms with van der Waals surface area (Å²) in [5.74, 6) is -2.33. The van der Waals surface area contributed by atoms with Crippen molar-refractivity contribution in [1.82, 2.24) is 0 Å². The van der Waals surface area contributed by atoms with Gasteiger partial charge >= 0.3 is 18.5 Å². The molecule has 3 aromatic rings. The second-order valence-electron chi connectivity index (χ2n) is 10.7. The van der Waals surface area contributed by atoms with Crippen LogP contribution in [0.25, 0.3) is 0 Å². The Labute approximate surface area is 252 Å². The monoisotopic (exact) mass is 671 g/mol. The number of amides is 1. The van der Waals surface area contributed by atoms with Crippen molar-refractivity contribution < 1.29 is 62.0 Å². The summed E-state index contributed by atoms with van der Waals surface area (Å²) in [6.07, 6.45) is -15.0. The van der Waals surface area contributed by atoms with Gasteiger partial charge in [0.05, 0.1) is 28.9 Å². The van der Waals surface area contributed by atoms with Crippen LogP contribution in [0.5, 0.6) is 11.5 Å². The number of ether oxygens (including phenoxy) is 1. The molecule has 0 aliphatic rings. The first-order chi connectivity index (χ1) is 20.3. The Morgan fingerprint density at radius 2 is 1.24 bits per heavy atom. The van der Waals surface area contributed by atoms with E-state index in [1.165, 1.54) is 6.07 Å². The Hall–Kier alpha value is -3.79. The minimum Gasteiger partial charge on any atom is -0.454 e. The first-order valence-electron chi connectivity index (χ1n) is 12.9. The summed E-state index contributed by atoms with van der Waals surface area (Å²) in [7, 11) is -5.01. The van der Waals surface area contributed by atoms with Gasteiger partial charge in [0, 0.05) is 6.92 Å². The molecule has 0 atom stereocenters. The molecule has 45 heavy (non-hydrogen) atoms. The number of nitrogens with zero attached hydrogens (tertiary/aromatic N) is 1. The van der Waals surface area contributed by atoms with Gasteiger partial charge in [-0.1, -0.05) is 26.8 Å². The summed E-state index contributed by atoms with van der Waals surface area (Å²) in [5.41, 5.74) is -6.46. The number of hydrogen-bond donors (Lipinski definition) is 1. The van der Waals surface area contributed by atoms with Crippen molar-refractivity contribution in [3.63, 3.8) is 0 Å². The molecule has 0 aliphatic heterocycles. The highest BCUT2D eigenvalue weighted by atomic mass is 32.2. The molecule has 0 unspecified atom stereocenters. The number of carbonyl (C=O) groups is 1. The Kier molecular flexibility index (Phi) is 9.67. The van der Waals surface area contributed by atoms with Gasteiger partial charge in [-0.15, -0.1) is 0 Å². The summed E-state index contributed by atoms with van der Waals surface area (Å²) in [6.45, 7) is 5.08. The van der Waals surface area contributed by atoms with Gasteiger partial charge in [0.25, 0.3) is 10.1 Å². The zero-order chi connectivity index (χ0) is 34.3. The Balaban J connectivity index is 2.25. The third-order valence-corrected chi connectivity index (χ3v) is 7.93. The van der Waals surface area contributed by atoms with Crippen LogP contribution in [-0.4, -0.2) is 18.9 Å². The summed E-state index contributed by atoms with van der Waals surface area (Å²) < 4.78 is 162. The number of anilines is 1. The van der Waals surface area contributed by atoms with E-state index in [2.05, 4.69) is 0 Å². The van der Waals surface area contributed by atoms with Gasteiger partial charge in [-0.3, -0.25) is 9.35 Å². The molecule has 1 N–H and O–H groups in total. The maximum atomic E-state index is 13.7. The van der Waals surface area contributed by atoms with Crippen LogP contribution in [-0.2, 0) is 45.4 Å². The number of rotatable bonds is 8. The molecular weight excluding hydrogens is 645 g/mol. The van der Waals surface area contributed by atoms with Gasteiger partial charge in [-0.05, 0) is 71.5 Å². The standard InChI is InChI=1S/C29H26F9NO5S/c1-5-26(3,4)18-6-9-24(25(14-18)45(41,42)43)44-23-8-7-19(27(30,31)32)13-22(23)39(16(2)40)15-17-10-20(28(33,34)35)12-21(11-17)29(36,37)38/h6-14H,5,15H2,1-4H3,(H,41,42,43). The number of halogens is 9. The Morgan fingerprint density at radius 1 is 0.756 bits per heavy atom. The van der Waals surface area contributed by atoms with Crippen LogP contribution in [0.3, 0.4) is 0 Å². The van der Waals surface area contributed by atoms with Gasteiger partial charge in [-0.2, -0.15) is 47.9 Å². The Morgan fingerprint density at radius 3 is 1.69 bits per heavy atom. The lowest BCUT2D eigenvalue weighted by molar-refractivity contribution is -0.143. The van der Waals surface area contributed by atoms with Crippen LogP contribution in [0.15, 0.2) is 59.5 Å². The van der Waals surface area contributed by atoms with Gasteiger partial charge < -0.3 is 9.64 Å². The van der Waals surface area contributed by atoms with Gasteiger partial charge in [0.2, 0.25) is 5.91 Å². The molecule has 0 fully saturated rings. The van der Waals surface area contributed by atoms with Crippen molar-refractivity contribution in [2.45, 2.75) is 69.5 Å². The topological polar surface area (TPSA) is 83.9 Å². The fraction of sp³-hybridized carbons (Fsp3) is 0.345. The number of carbonyl (C=O) groups excluding carboxylic acids is 1. The summed E-state index contributed by atoms with van der Waals surface area (Å²) >= 11 is 0. The maximum absolute atomic E-state index is 13.7. The fourth-order valence-corrected chi connectivity index (χ4v) is 4.83. The van der Waals surface area contributed by atoms with Crippen molar-refractivity contribution in [3.05, 3.63) is 82.4 Å². The minimum atomic E-state index is -5.24. The average molecular weight is 672 g/mol. The normalized spacial score (nSPS) is 13.1.